The van der Waals surface area contributed by atoms with Crippen LogP contribution >= 0.6 is 0 Å². The second-order valence-corrected chi connectivity index (χ2v) is 8.35. The van der Waals surface area contributed by atoms with Crippen LogP contribution in [0.25, 0.3) is 0 Å². The molecule has 2 saturated heterocycles. The first-order chi connectivity index (χ1) is 11.3. The number of hydrogen-bond donors (Lipinski definition) is 1. The lowest BCUT2D eigenvalue weighted by Gasteiger charge is -2.36. The van der Waals surface area contributed by atoms with Crippen molar-refractivity contribution in [1.29, 1.82) is 0 Å². The minimum atomic E-state index is -3.03. The Morgan fingerprint density at radius 3 is 2.42 bits per heavy atom. The maximum atomic E-state index is 13.3. The number of anilines is 1. The van der Waals surface area contributed by atoms with E-state index in [-0.39, 0.29) is 23.6 Å². The smallest absolute Gasteiger partial charge is 0.317 e. The van der Waals surface area contributed by atoms with Gasteiger partial charge < -0.3 is 15.1 Å². The Labute approximate surface area is 139 Å². The number of nitrogens with one attached hydrogen (secondary N) is 1. The molecule has 0 aliphatic carbocycles. The van der Waals surface area contributed by atoms with E-state index < -0.39 is 21.5 Å². The van der Waals surface area contributed by atoms with Gasteiger partial charge in [-0.15, -0.1) is 0 Å². The van der Waals surface area contributed by atoms with Gasteiger partial charge in [-0.2, -0.15) is 0 Å². The van der Waals surface area contributed by atoms with Crippen LogP contribution in [0.3, 0.4) is 0 Å². The van der Waals surface area contributed by atoms with E-state index in [1.165, 1.54) is 6.07 Å². The first-order valence-electron chi connectivity index (χ1n) is 7.80. The van der Waals surface area contributed by atoms with Gasteiger partial charge in [-0.1, -0.05) is 0 Å². The van der Waals surface area contributed by atoms with Gasteiger partial charge in [0.15, 0.2) is 21.5 Å². The van der Waals surface area contributed by atoms with Gasteiger partial charge in [0.05, 0.1) is 11.5 Å². The Kier molecular flexibility index (Phi) is 4.62. The molecule has 2 aliphatic rings. The normalized spacial score (nSPS) is 23.3. The summed E-state index contributed by atoms with van der Waals surface area (Å²) >= 11 is 0. The molecule has 9 heteroatoms. The van der Waals surface area contributed by atoms with Crippen molar-refractivity contribution >= 4 is 21.6 Å². The van der Waals surface area contributed by atoms with Crippen LogP contribution in [-0.4, -0.2) is 63.1 Å². The molecule has 2 amide bonds. The van der Waals surface area contributed by atoms with Crippen molar-refractivity contribution in [2.45, 2.75) is 12.5 Å². The van der Waals surface area contributed by atoms with E-state index in [0.29, 0.717) is 38.3 Å². The first kappa shape index (κ1) is 16.9. The molecule has 0 aromatic heterocycles. The zero-order chi connectivity index (χ0) is 17.3. The Morgan fingerprint density at radius 2 is 1.83 bits per heavy atom. The van der Waals surface area contributed by atoms with Gasteiger partial charge in [0, 0.05) is 44.0 Å². The summed E-state index contributed by atoms with van der Waals surface area (Å²) in [7, 11) is -3.03. The molecule has 2 aliphatic heterocycles. The largest absolute Gasteiger partial charge is 0.368 e. The zero-order valence-corrected chi connectivity index (χ0v) is 13.9. The van der Waals surface area contributed by atoms with Gasteiger partial charge in [-0.05, 0) is 18.6 Å². The van der Waals surface area contributed by atoms with E-state index in [1.54, 1.807) is 4.90 Å². The minimum Gasteiger partial charge on any atom is -0.368 e. The molecule has 0 bridgehead atoms. The molecule has 1 aromatic carbocycles. The summed E-state index contributed by atoms with van der Waals surface area (Å²) in [5, 5.41) is 2.76. The Balaban J connectivity index is 1.53. The molecule has 0 radical (unpaired) electrons. The molecule has 1 unspecified atom stereocenters. The Morgan fingerprint density at radius 1 is 1.12 bits per heavy atom. The molecule has 3 rings (SSSR count). The fourth-order valence-corrected chi connectivity index (χ4v) is 4.70. The van der Waals surface area contributed by atoms with Crippen LogP contribution in [0, 0.1) is 11.6 Å². The van der Waals surface area contributed by atoms with Crippen molar-refractivity contribution < 1.29 is 22.0 Å². The van der Waals surface area contributed by atoms with Gasteiger partial charge >= 0.3 is 6.03 Å². The highest BCUT2D eigenvalue weighted by Gasteiger charge is 2.31. The molecule has 24 heavy (non-hydrogen) atoms. The number of hydrogen-bond acceptors (Lipinski definition) is 4. The minimum absolute atomic E-state index is 0.00639. The molecule has 0 spiro atoms. The summed E-state index contributed by atoms with van der Waals surface area (Å²) in [6, 6.07) is 3.14. The van der Waals surface area contributed by atoms with Crippen molar-refractivity contribution in [2.24, 2.45) is 0 Å². The third-order valence-corrected chi connectivity index (χ3v) is 6.16. The number of carbonyl (C=O) groups is 1. The lowest BCUT2D eigenvalue weighted by Crippen LogP contribution is -2.53. The predicted octanol–water partition coefficient (Wildman–Crippen LogP) is 0.984. The van der Waals surface area contributed by atoms with Crippen LogP contribution in [0.1, 0.15) is 6.42 Å². The molecule has 1 N–H and O–H groups in total. The lowest BCUT2D eigenvalue weighted by atomic mass is 10.2. The number of carbonyl (C=O) groups excluding carboxylic acids is 1. The zero-order valence-electron chi connectivity index (χ0n) is 13.0. The highest BCUT2D eigenvalue weighted by Crippen LogP contribution is 2.20. The van der Waals surface area contributed by atoms with E-state index in [4.69, 9.17) is 0 Å². The molecule has 132 valence electrons. The standard InChI is InChI=1S/C15H19F2N3O3S/c16-13-2-1-12(9-14(13)17)19-4-6-20(7-5-19)15(21)18-11-3-8-24(22,23)10-11/h1-2,9,11H,3-8,10H2,(H,18,21). The van der Waals surface area contributed by atoms with E-state index in [9.17, 15) is 22.0 Å². The summed E-state index contributed by atoms with van der Waals surface area (Å²) in [5.74, 6) is -1.67. The third kappa shape index (κ3) is 3.77. The van der Waals surface area contributed by atoms with Crippen LogP contribution in [0.2, 0.25) is 0 Å². The van der Waals surface area contributed by atoms with Gasteiger partial charge in [-0.3, -0.25) is 0 Å². The number of halogens is 2. The van der Waals surface area contributed by atoms with E-state index in [0.717, 1.165) is 12.1 Å². The van der Waals surface area contributed by atoms with Crippen molar-refractivity contribution in [3.63, 3.8) is 0 Å². The summed E-state index contributed by atoms with van der Waals surface area (Å²) in [4.78, 5) is 15.7. The molecular weight excluding hydrogens is 340 g/mol. The average Bonchev–Trinajstić information content (AvgIpc) is 2.89. The molecular formula is C15H19F2N3O3S. The van der Waals surface area contributed by atoms with Gasteiger partial charge in [0.25, 0.3) is 0 Å². The van der Waals surface area contributed by atoms with E-state index in [1.807, 2.05) is 4.90 Å². The highest BCUT2D eigenvalue weighted by molar-refractivity contribution is 7.91. The SMILES string of the molecule is O=C(NC1CCS(=O)(=O)C1)N1CCN(c2ccc(F)c(F)c2)CC1. The second kappa shape index (κ2) is 6.54. The summed E-state index contributed by atoms with van der Waals surface area (Å²) in [6.07, 6.45) is 0.447. The summed E-state index contributed by atoms with van der Waals surface area (Å²) < 4.78 is 49.1. The maximum Gasteiger partial charge on any atom is 0.317 e. The second-order valence-electron chi connectivity index (χ2n) is 6.12. The molecule has 1 atom stereocenters. The third-order valence-electron chi connectivity index (χ3n) is 4.40. The Bertz CT molecular complexity index is 733. The number of rotatable bonds is 2. The fraction of sp³-hybridized carbons (Fsp3) is 0.533. The molecule has 0 saturated carbocycles. The monoisotopic (exact) mass is 359 g/mol. The molecule has 2 heterocycles. The topological polar surface area (TPSA) is 69.7 Å². The summed E-state index contributed by atoms with van der Waals surface area (Å²) in [5.41, 5.74) is 0.579. The fourth-order valence-electron chi connectivity index (χ4n) is 3.02. The van der Waals surface area contributed by atoms with Crippen LogP contribution in [-0.2, 0) is 9.84 Å². The van der Waals surface area contributed by atoms with Gasteiger partial charge in [0.2, 0.25) is 0 Å². The first-order valence-corrected chi connectivity index (χ1v) is 9.62. The number of piperazine rings is 1. The predicted molar refractivity (Wildman–Crippen MR) is 85.7 cm³/mol. The maximum absolute atomic E-state index is 13.3. The number of sulfone groups is 1. The van der Waals surface area contributed by atoms with E-state index >= 15 is 0 Å². The van der Waals surface area contributed by atoms with Crippen LogP contribution in [0.4, 0.5) is 19.3 Å². The van der Waals surface area contributed by atoms with Crippen LogP contribution in [0.5, 0.6) is 0 Å². The number of amides is 2. The molecule has 2 fully saturated rings. The molecule has 6 nitrogen and oxygen atoms in total. The van der Waals surface area contributed by atoms with Crippen LogP contribution in [0.15, 0.2) is 18.2 Å². The van der Waals surface area contributed by atoms with Crippen molar-refractivity contribution in [3.8, 4) is 0 Å². The van der Waals surface area contributed by atoms with Crippen molar-refractivity contribution in [3.05, 3.63) is 29.8 Å². The number of benzene rings is 1. The van der Waals surface area contributed by atoms with Crippen LogP contribution < -0.4 is 10.2 Å². The van der Waals surface area contributed by atoms with E-state index in [2.05, 4.69) is 5.32 Å². The lowest BCUT2D eigenvalue weighted by molar-refractivity contribution is 0.191. The quantitative estimate of drug-likeness (QED) is 0.855. The average molecular weight is 359 g/mol. The Hall–Kier alpha value is -1.90. The van der Waals surface area contributed by atoms with Gasteiger partial charge in [0.1, 0.15) is 0 Å². The van der Waals surface area contributed by atoms with Crippen molar-refractivity contribution in [2.75, 3.05) is 42.6 Å². The molecule has 1 aromatic rings. The summed E-state index contributed by atoms with van der Waals surface area (Å²) in [6.45, 7) is 1.87. The number of urea groups is 1. The van der Waals surface area contributed by atoms with Crippen molar-refractivity contribution in [1.82, 2.24) is 10.2 Å². The highest BCUT2D eigenvalue weighted by atomic mass is 32.2. The van der Waals surface area contributed by atoms with Gasteiger partial charge in [-0.25, -0.2) is 22.0 Å². The number of nitrogens with zero attached hydrogens (tertiary/aromatic N) is 2.